The van der Waals surface area contributed by atoms with Crippen molar-refractivity contribution in [3.63, 3.8) is 0 Å². The molecule has 3 N–H and O–H groups in total. The van der Waals surface area contributed by atoms with E-state index in [1.165, 1.54) is 23.1 Å². The van der Waals surface area contributed by atoms with Gasteiger partial charge in [-0.15, -0.1) is 12.4 Å². The lowest BCUT2D eigenvalue weighted by atomic mass is 9.99. The monoisotopic (exact) mass is 403 g/mol. The van der Waals surface area contributed by atoms with Crippen LogP contribution in [0.25, 0.3) is 0 Å². The fraction of sp³-hybridized carbons (Fsp3) is 0.333. The first-order valence-corrected chi connectivity index (χ1v) is 9.14. The molecular formula is C15H19ClFN5O3S. The molecule has 1 aromatic heterocycles. The highest BCUT2D eigenvalue weighted by Crippen LogP contribution is 2.24. The van der Waals surface area contributed by atoms with Gasteiger partial charge >= 0.3 is 0 Å². The quantitative estimate of drug-likeness (QED) is 0.676. The Morgan fingerprint density at radius 1 is 1.42 bits per heavy atom. The second kappa shape index (κ2) is 8.12. The van der Waals surface area contributed by atoms with Crippen LogP contribution in [-0.2, 0) is 34.8 Å². The molecule has 0 fully saturated rings. The Hall–Kier alpha value is -2.01. The number of benzene rings is 1. The van der Waals surface area contributed by atoms with Gasteiger partial charge in [-0.3, -0.25) is 9.48 Å². The lowest BCUT2D eigenvalue weighted by Crippen LogP contribution is -2.33. The number of nitrogens with zero attached hydrogens (tertiary/aromatic N) is 2. The van der Waals surface area contributed by atoms with Gasteiger partial charge in [-0.2, -0.15) is 5.10 Å². The Morgan fingerprint density at radius 2 is 2.19 bits per heavy atom. The molecule has 1 amide bonds. The van der Waals surface area contributed by atoms with E-state index in [9.17, 15) is 17.6 Å². The molecule has 2 aromatic rings. The van der Waals surface area contributed by atoms with Crippen LogP contribution < -0.4 is 15.4 Å². The SMILES string of the molecule is Cl.Cn1cc(S(=O)(=O)NCC(=O)Nc2ccc3c(c2F)CCNC3)cn1. The minimum absolute atomic E-state index is 0. The van der Waals surface area contributed by atoms with Gasteiger partial charge in [0.1, 0.15) is 10.7 Å². The molecule has 26 heavy (non-hydrogen) atoms. The Labute approximate surface area is 156 Å². The predicted molar refractivity (Wildman–Crippen MR) is 96.1 cm³/mol. The molecule has 1 aliphatic rings. The standard InChI is InChI=1S/C15H18FN5O3S.ClH/c1-21-9-11(7-18-21)25(23,24)19-8-14(22)20-13-3-2-10-6-17-5-4-12(10)15(13)16;/h2-3,7,9,17,19H,4-6,8H2,1H3,(H,20,22);1H. The summed E-state index contributed by atoms with van der Waals surface area (Å²) in [6, 6.07) is 3.23. The summed E-state index contributed by atoms with van der Waals surface area (Å²) < 4.78 is 42.0. The van der Waals surface area contributed by atoms with Crippen LogP contribution in [-0.4, -0.2) is 37.2 Å². The van der Waals surface area contributed by atoms with Crippen LogP contribution in [0.3, 0.4) is 0 Å². The molecule has 8 nitrogen and oxygen atoms in total. The van der Waals surface area contributed by atoms with Crippen LogP contribution in [0.15, 0.2) is 29.4 Å². The van der Waals surface area contributed by atoms with E-state index in [1.807, 2.05) is 0 Å². The normalized spacial score (nSPS) is 13.6. The largest absolute Gasteiger partial charge is 0.322 e. The molecule has 0 saturated heterocycles. The Bertz CT molecular complexity index is 916. The van der Waals surface area contributed by atoms with E-state index in [2.05, 4.69) is 20.5 Å². The second-order valence-electron chi connectivity index (χ2n) is 5.71. The Morgan fingerprint density at radius 3 is 2.88 bits per heavy atom. The number of aryl methyl sites for hydroxylation is 1. The van der Waals surface area contributed by atoms with Crippen molar-refractivity contribution in [1.29, 1.82) is 0 Å². The van der Waals surface area contributed by atoms with Gasteiger partial charge in [0.25, 0.3) is 0 Å². The number of halogens is 2. The van der Waals surface area contributed by atoms with Gasteiger partial charge in [0.15, 0.2) is 0 Å². The zero-order valence-corrected chi connectivity index (χ0v) is 15.6. The van der Waals surface area contributed by atoms with Crippen molar-refractivity contribution in [2.45, 2.75) is 17.9 Å². The fourth-order valence-corrected chi connectivity index (χ4v) is 3.57. The Balaban J connectivity index is 0.00000243. The number of fused-ring (bicyclic) bond motifs is 1. The molecule has 0 spiro atoms. The van der Waals surface area contributed by atoms with E-state index in [4.69, 9.17) is 0 Å². The number of hydrogen-bond acceptors (Lipinski definition) is 5. The third kappa shape index (κ3) is 4.39. The smallest absolute Gasteiger partial charge is 0.244 e. The minimum Gasteiger partial charge on any atom is -0.322 e. The van der Waals surface area contributed by atoms with Gasteiger partial charge < -0.3 is 10.6 Å². The van der Waals surface area contributed by atoms with Crippen molar-refractivity contribution in [3.8, 4) is 0 Å². The molecular weight excluding hydrogens is 385 g/mol. The van der Waals surface area contributed by atoms with Crippen LogP contribution in [0.4, 0.5) is 10.1 Å². The zero-order valence-electron chi connectivity index (χ0n) is 14.0. The summed E-state index contributed by atoms with van der Waals surface area (Å²) in [5, 5.41) is 9.33. The molecule has 0 aliphatic carbocycles. The number of anilines is 1. The topological polar surface area (TPSA) is 105 Å². The van der Waals surface area contributed by atoms with E-state index in [1.54, 1.807) is 13.1 Å². The molecule has 11 heteroatoms. The second-order valence-corrected chi connectivity index (χ2v) is 7.48. The minimum atomic E-state index is -3.85. The summed E-state index contributed by atoms with van der Waals surface area (Å²) in [5.74, 6) is -1.12. The van der Waals surface area contributed by atoms with Gasteiger partial charge in [0.05, 0.1) is 18.4 Å². The fourth-order valence-electron chi connectivity index (χ4n) is 2.61. The van der Waals surface area contributed by atoms with E-state index < -0.39 is 28.3 Å². The van der Waals surface area contributed by atoms with E-state index >= 15 is 0 Å². The van der Waals surface area contributed by atoms with E-state index in [0.717, 1.165) is 5.56 Å². The predicted octanol–water partition coefficient (Wildman–Crippen LogP) is 0.544. The number of rotatable bonds is 5. The maximum Gasteiger partial charge on any atom is 0.244 e. The highest BCUT2D eigenvalue weighted by molar-refractivity contribution is 7.89. The zero-order chi connectivity index (χ0) is 18.0. The summed E-state index contributed by atoms with van der Waals surface area (Å²) in [6.45, 7) is 0.757. The molecule has 3 rings (SSSR count). The van der Waals surface area contributed by atoms with Crippen LogP contribution in [0.1, 0.15) is 11.1 Å². The number of nitrogens with one attached hydrogen (secondary N) is 3. The summed E-state index contributed by atoms with van der Waals surface area (Å²) >= 11 is 0. The Kier molecular flexibility index (Phi) is 6.34. The van der Waals surface area contributed by atoms with E-state index in [0.29, 0.717) is 25.1 Å². The first kappa shape index (κ1) is 20.3. The van der Waals surface area contributed by atoms with Gasteiger partial charge in [0.2, 0.25) is 15.9 Å². The average molecular weight is 404 g/mol. The van der Waals surface area contributed by atoms with Gasteiger partial charge in [-0.25, -0.2) is 17.5 Å². The molecule has 1 aromatic carbocycles. The molecule has 0 bridgehead atoms. The molecule has 0 unspecified atom stereocenters. The van der Waals surface area contributed by atoms with Crippen LogP contribution in [0.5, 0.6) is 0 Å². The third-order valence-corrected chi connectivity index (χ3v) is 5.25. The number of amides is 1. The van der Waals surface area contributed by atoms with Gasteiger partial charge in [-0.1, -0.05) is 6.07 Å². The lowest BCUT2D eigenvalue weighted by Gasteiger charge is -2.19. The van der Waals surface area contributed by atoms with Crippen LogP contribution >= 0.6 is 12.4 Å². The van der Waals surface area contributed by atoms with Crippen LogP contribution in [0.2, 0.25) is 0 Å². The number of carbonyl (C=O) groups is 1. The number of aromatic nitrogens is 2. The summed E-state index contributed by atoms with van der Waals surface area (Å²) in [5.41, 5.74) is 1.48. The summed E-state index contributed by atoms with van der Waals surface area (Å²) in [7, 11) is -2.26. The van der Waals surface area contributed by atoms with Gasteiger partial charge in [0, 0.05) is 19.8 Å². The van der Waals surface area contributed by atoms with Crippen LogP contribution in [0, 0.1) is 5.82 Å². The third-order valence-electron chi connectivity index (χ3n) is 3.90. The van der Waals surface area contributed by atoms with Crippen molar-refractivity contribution in [2.75, 3.05) is 18.4 Å². The van der Waals surface area contributed by atoms with Crippen molar-refractivity contribution in [1.82, 2.24) is 19.8 Å². The summed E-state index contributed by atoms with van der Waals surface area (Å²) in [6.07, 6.45) is 3.04. The van der Waals surface area contributed by atoms with Crippen molar-refractivity contribution >= 4 is 34.0 Å². The van der Waals surface area contributed by atoms with Crippen molar-refractivity contribution in [3.05, 3.63) is 41.5 Å². The van der Waals surface area contributed by atoms with Crippen molar-refractivity contribution in [2.24, 2.45) is 7.05 Å². The maximum absolute atomic E-state index is 14.5. The maximum atomic E-state index is 14.5. The number of sulfonamides is 1. The first-order chi connectivity index (χ1) is 11.9. The highest BCUT2D eigenvalue weighted by Gasteiger charge is 2.20. The molecule has 2 heterocycles. The number of hydrogen-bond donors (Lipinski definition) is 3. The van der Waals surface area contributed by atoms with Gasteiger partial charge in [-0.05, 0) is 30.2 Å². The first-order valence-electron chi connectivity index (χ1n) is 7.66. The van der Waals surface area contributed by atoms with Crippen molar-refractivity contribution < 1.29 is 17.6 Å². The molecule has 0 saturated carbocycles. The summed E-state index contributed by atoms with van der Waals surface area (Å²) in [4.78, 5) is 11.9. The van der Waals surface area contributed by atoms with E-state index in [-0.39, 0.29) is 23.0 Å². The molecule has 142 valence electrons. The molecule has 1 aliphatic heterocycles. The highest BCUT2D eigenvalue weighted by atomic mass is 35.5. The average Bonchev–Trinajstić information content (AvgIpc) is 3.03. The molecule has 0 radical (unpaired) electrons. The molecule has 0 atom stereocenters. The lowest BCUT2D eigenvalue weighted by molar-refractivity contribution is -0.115. The number of carbonyl (C=O) groups excluding carboxylic acids is 1.